The van der Waals surface area contributed by atoms with Gasteiger partial charge in [0.1, 0.15) is 12.3 Å². The molecule has 0 bridgehead atoms. The third-order valence-electron chi connectivity index (χ3n) is 5.44. The van der Waals surface area contributed by atoms with Gasteiger partial charge in [-0.05, 0) is 48.9 Å². The number of halogens is 3. The molecular weight excluding hydrogens is 475 g/mol. The Hall–Kier alpha value is -4.67. The van der Waals surface area contributed by atoms with Crippen molar-refractivity contribution in [3.63, 3.8) is 0 Å². The van der Waals surface area contributed by atoms with Crippen LogP contribution in [0.3, 0.4) is 0 Å². The Morgan fingerprint density at radius 1 is 1.03 bits per heavy atom. The number of para-hydroxylation sites is 3. The number of carbonyl (C=O) groups excluding carboxylic acids is 1. The maximum Gasteiger partial charge on any atom is 0.416 e. The largest absolute Gasteiger partial charge is 0.436 e. The van der Waals surface area contributed by atoms with Gasteiger partial charge < -0.3 is 10.1 Å². The van der Waals surface area contributed by atoms with Crippen LogP contribution in [0.5, 0.6) is 11.6 Å². The minimum absolute atomic E-state index is 0.0534. The van der Waals surface area contributed by atoms with Gasteiger partial charge in [0.25, 0.3) is 5.88 Å². The van der Waals surface area contributed by atoms with E-state index in [-0.39, 0.29) is 17.2 Å². The van der Waals surface area contributed by atoms with Crippen molar-refractivity contribution >= 4 is 28.3 Å². The summed E-state index contributed by atoms with van der Waals surface area (Å²) in [6, 6.07) is 18.4. The van der Waals surface area contributed by atoms with Crippen molar-refractivity contribution in [3.8, 4) is 11.6 Å². The van der Waals surface area contributed by atoms with Gasteiger partial charge in [0.15, 0.2) is 0 Å². The van der Waals surface area contributed by atoms with E-state index in [9.17, 15) is 22.8 Å². The molecule has 0 saturated heterocycles. The molecule has 3 aromatic carbocycles. The highest BCUT2D eigenvalue weighted by Gasteiger charge is 2.30. The number of carbonyl (C=O) groups is 1. The maximum absolute atomic E-state index is 13.2. The lowest BCUT2D eigenvalue weighted by atomic mass is 10.2. The van der Waals surface area contributed by atoms with E-state index in [1.54, 1.807) is 36.4 Å². The molecule has 5 aromatic rings. The van der Waals surface area contributed by atoms with Gasteiger partial charge in [-0.2, -0.15) is 13.2 Å². The van der Waals surface area contributed by atoms with Crippen LogP contribution in [0.15, 0.2) is 77.6 Å². The molecule has 2 aromatic heterocycles. The first-order chi connectivity index (χ1) is 17.2. The number of nitrogens with one attached hydrogen (secondary N) is 1. The molecular formula is C25H18F3N5O3. The Balaban J connectivity index is 1.52. The lowest BCUT2D eigenvalue weighted by molar-refractivity contribution is -0.137. The molecule has 36 heavy (non-hydrogen) atoms. The van der Waals surface area contributed by atoms with Crippen LogP contribution >= 0.6 is 0 Å². The van der Waals surface area contributed by atoms with Gasteiger partial charge >= 0.3 is 11.9 Å². The summed E-state index contributed by atoms with van der Waals surface area (Å²) < 4.78 is 47.1. The van der Waals surface area contributed by atoms with Crippen molar-refractivity contribution < 1.29 is 22.7 Å². The third-order valence-corrected chi connectivity index (χ3v) is 5.44. The number of rotatable bonds is 5. The number of aromatic nitrogens is 4. The molecule has 11 heteroatoms. The molecule has 0 atom stereocenters. The molecule has 5 rings (SSSR count). The number of anilines is 1. The first-order valence-corrected chi connectivity index (χ1v) is 10.8. The fraction of sp³-hybridized carbons (Fsp3) is 0.120. The van der Waals surface area contributed by atoms with E-state index in [1.807, 2.05) is 19.1 Å². The van der Waals surface area contributed by atoms with Crippen molar-refractivity contribution in [2.75, 3.05) is 5.32 Å². The summed E-state index contributed by atoms with van der Waals surface area (Å²) in [5, 5.41) is 6.64. The zero-order valence-corrected chi connectivity index (χ0v) is 18.8. The summed E-state index contributed by atoms with van der Waals surface area (Å²) in [6.07, 6.45) is -4.55. The first kappa shape index (κ1) is 23.1. The summed E-state index contributed by atoms with van der Waals surface area (Å²) >= 11 is 0. The van der Waals surface area contributed by atoms with Crippen LogP contribution in [0.2, 0.25) is 0 Å². The number of alkyl halides is 3. The highest BCUT2D eigenvalue weighted by Crippen LogP contribution is 2.31. The number of hydrogen-bond acceptors (Lipinski definition) is 5. The molecule has 1 N–H and O–H groups in total. The number of hydrogen-bond donors (Lipinski definition) is 1. The van der Waals surface area contributed by atoms with Gasteiger partial charge in [0.05, 0.1) is 16.6 Å². The van der Waals surface area contributed by atoms with Gasteiger partial charge in [0.2, 0.25) is 11.6 Å². The van der Waals surface area contributed by atoms with E-state index >= 15 is 0 Å². The Labute approximate surface area is 201 Å². The van der Waals surface area contributed by atoms with Crippen LogP contribution in [0.1, 0.15) is 11.1 Å². The lowest BCUT2D eigenvalue weighted by Crippen LogP contribution is -2.28. The molecule has 182 valence electrons. The van der Waals surface area contributed by atoms with E-state index < -0.39 is 29.9 Å². The lowest BCUT2D eigenvalue weighted by Gasteiger charge is -2.09. The Bertz CT molecular complexity index is 1670. The first-order valence-electron chi connectivity index (χ1n) is 10.8. The van der Waals surface area contributed by atoms with Crippen LogP contribution in [0.4, 0.5) is 18.9 Å². The topological polar surface area (TPSA) is 90.5 Å². The van der Waals surface area contributed by atoms with Crippen molar-refractivity contribution in [1.82, 2.24) is 19.2 Å². The Kier molecular flexibility index (Phi) is 5.67. The van der Waals surface area contributed by atoms with Crippen LogP contribution in [0.25, 0.3) is 16.7 Å². The van der Waals surface area contributed by atoms with Crippen LogP contribution in [-0.2, 0) is 17.5 Å². The average molecular weight is 493 g/mol. The number of ether oxygens (including phenoxy) is 1. The molecule has 0 aliphatic carbocycles. The molecule has 0 aliphatic rings. The van der Waals surface area contributed by atoms with E-state index in [0.717, 1.165) is 22.4 Å². The number of fused-ring (bicyclic) bond motifs is 3. The minimum Gasteiger partial charge on any atom is -0.436 e. The molecule has 0 unspecified atom stereocenters. The zero-order valence-electron chi connectivity index (χ0n) is 18.8. The second-order valence-corrected chi connectivity index (χ2v) is 8.00. The molecule has 0 spiro atoms. The number of nitrogens with zero attached hydrogens (tertiary/aromatic N) is 4. The normalized spacial score (nSPS) is 11.7. The number of aryl methyl sites for hydroxylation is 1. The van der Waals surface area contributed by atoms with Gasteiger partial charge in [-0.25, -0.2) is 18.9 Å². The molecule has 8 nitrogen and oxygen atoms in total. The van der Waals surface area contributed by atoms with Crippen molar-refractivity contribution in [2.24, 2.45) is 0 Å². The fourth-order valence-electron chi connectivity index (χ4n) is 3.73. The molecule has 0 saturated carbocycles. The van der Waals surface area contributed by atoms with Crippen molar-refractivity contribution in [3.05, 3.63) is 94.4 Å². The quantitative estimate of drug-likeness (QED) is 0.380. The molecule has 1 amide bonds. The minimum atomic E-state index is -4.55. The predicted octanol–water partition coefficient (Wildman–Crippen LogP) is 4.80. The SMILES string of the molecule is Cc1ccccc1Oc1nc2ccccc2n2c(=O)n(CC(=O)Nc3cccc(C(F)(F)F)c3)nc12. The Morgan fingerprint density at radius 2 is 1.78 bits per heavy atom. The summed E-state index contributed by atoms with van der Waals surface area (Å²) in [5.74, 6) is -0.137. The van der Waals surface area contributed by atoms with E-state index in [0.29, 0.717) is 16.8 Å². The van der Waals surface area contributed by atoms with E-state index in [1.165, 1.54) is 16.5 Å². The van der Waals surface area contributed by atoms with Crippen molar-refractivity contribution in [2.45, 2.75) is 19.6 Å². The highest BCUT2D eigenvalue weighted by atomic mass is 19.4. The van der Waals surface area contributed by atoms with Gasteiger partial charge in [0, 0.05) is 5.69 Å². The summed E-state index contributed by atoms with van der Waals surface area (Å²) in [5.41, 5.74) is 0.282. The van der Waals surface area contributed by atoms with Crippen molar-refractivity contribution in [1.29, 1.82) is 0 Å². The van der Waals surface area contributed by atoms with Gasteiger partial charge in [-0.1, -0.05) is 36.4 Å². The standard InChI is InChI=1S/C25H18F3N5O3/c1-15-7-2-5-12-20(15)36-23-22-31-32(24(35)33(22)19-11-4-3-10-18(19)30-23)14-21(34)29-17-9-6-8-16(13-17)25(26,27)28/h2-13H,14H2,1H3,(H,29,34). The molecule has 0 fully saturated rings. The van der Waals surface area contributed by atoms with E-state index in [2.05, 4.69) is 15.4 Å². The average Bonchev–Trinajstić information content (AvgIpc) is 3.16. The van der Waals surface area contributed by atoms with E-state index in [4.69, 9.17) is 4.74 Å². The number of amides is 1. The second kappa shape index (κ2) is 8.84. The van der Waals surface area contributed by atoms with Crippen LogP contribution < -0.4 is 15.7 Å². The summed E-state index contributed by atoms with van der Waals surface area (Å²) in [7, 11) is 0. The monoisotopic (exact) mass is 493 g/mol. The Morgan fingerprint density at radius 3 is 2.56 bits per heavy atom. The third kappa shape index (κ3) is 4.38. The predicted molar refractivity (Wildman–Crippen MR) is 126 cm³/mol. The fourth-order valence-corrected chi connectivity index (χ4v) is 3.73. The van der Waals surface area contributed by atoms with Crippen LogP contribution in [-0.4, -0.2) is 25.1 Å². The smallest absolute Gasteiger partial charge is 0.416 e. The molecule has 0 radical (unpaired) electrons. The second-order valence-electron chi connectivity index (χ2n) is 8.00. The van der Waals surface area contributed by atoms with Crippen LogP contribution in [0, 0.1) is 6.92 Å². The van der Waals surface area contributed by atoms with Gasteiger partial charge in [-0.3, -0.25) is 4.79 Å². The summed E-state index contributed by atoms with van der Waals surface area (Å²) in [4.78, 5) is 30.4. The number of benzene rings is 3. The van der Waals surface area contributed by atoms with Gasteiger partial charge in [-0.15, -0.1) is 5.10 Å². The molecule has 2 heterocycles. The summed E-state index contributed by atoms with van der Waals surface area (Å²) in [6.45, 7) is 1.32. The molecule has 0 aliphatic heterocycles. The highest BCUT2D eigenvalue weighted by molar-refractivity contribution is 5.90. The maximum atomic E-state index is 13.2. The zero-order chi connectivity index (χ0) is 25.4.